The molecule has 2 aromatic rings. The van der Waals surface area contributed by atoms with Crippen LogP contribution in [-0.2, 0) is 26.7 Å². The van der Waals surface area contributed by atoms with Crippen LogP contribution in [0.15, 0.2) is 27.6 Å². The second-order valence-electron chi connectivity index (χ2n) is 9.63. The van der Waals surface area contributed by atoms with Gasteiger partial charge in [0.25, 0.3) is 0 Å². The number of sulfonamides is 1. The molecule has 1 fully saturated rings. The summed E-state index contributed by atoms with van der Waals surface area (Å²) in [7, 11) is -3.64. The van der Waals surface area contributed by atoms with Gasteiger partial charge in [0.15, 0.2) is 5.82 Å². The quantitative estimate of drug-likeness (QED) is 0.565. The zero-order valence-electron chi connectivity index (χ0n) is 20.9. The molecule has 0 saturated carbocycles. The third kappa shape index (κ3) is 6.15. The van der Waals surface area contributed by atoms with Crippen molar-refractivity contribution in [2.45, 2.75) is 77.0 Å². The minimum absolute atomic E-state index is 0.151. The molecule has 1 aliphatic rings. The first kappa shape index (κ1) is 26.2. The third-order valence-electron chi connectivity index (χ3n) is 5.99. The standard InChI is InChI=1S/C24H37N5O4S/c1-6-29(7-2)34(31,32)18-11-12-20(28-15-9-8-10-16-28)19(17-18)25-21(30)13-14-22-26-23(27-33-22)24(3,4)5/h11-12,17H,6-10,13-16H2,1-5H3,(H,25,30). The van der Waals surface area contributed by atoms with Gasteiger partial charge < -0.3 is 14.7 Å². The molecule has 0 spiro atoms. The summed E-state index contributed by atoms with van der Waals surface area (Å²) in [5, 5.41) is 6.95. The number of hydrogen-bond donors (Lipinski definition) is 1. The van der Waals surface area contributed by atoms with E-state index in [1.54, 1.807) is 12.1 Å². The largest absolute Gasteiger partial charge is 0.370 e. The Morgan fingerprint density at radius 2 is 1.82 bits per heavy atom. The van der Waals surface area contributed by atoms with E-state index in [4.69, 9.17) is 4.52 Å². The Hall–Kier alpha value is -2.46. The molecule has 1 aromatic carbocycles. The number of nitrogens with one attached hydrogen (secondary N) is 1. The van der Waals surface area contributed by atoms with E-state index in [0.29, 0.717) is 36.9 Å². The van der Waals surface area contributed by atoms with Crippen molar-refractivity contribution in [2.24, 2.45) is 0 Å². The Labute approximate surface area is 202 Å². The van der Waals surface area contributed by atoms with E-state index in [9.17, 15) is 13.2 Å². The molecule has 1 amide bonds. The molecule has 188 valence electrons. The SMILES string of the molecule is CCN(CC)S(=O)(=O)c1ccc(N2CCCCC2)c(NC(=O)CCc2nc(C(C)(C)C)no2)c1. The third-order valence-corrected chi connectivity index (χ3v) is 8.03. The molecule has 0 unspecified atom stereocenters. The number of benzene rings is 1. The summed E-state index contributed by atoms with van der Waals surface area (Å²) < 4.78 is 32.9. The van der Waals surface area contributed by atoms with Gasteiger partial charge in [-0.3, -0.25) is 4.79 Å². The Balaban J connectivity index is 1.81. The van der Waals surface area contributed by atoms with Gasteiger partial charge in [-0.2, -0.15) is 9.29 Å². The van der Waals surface area contributed by atoms with Crippen molar-refractivity contribution in [1.82, 2.24) is 14.4 Å². The van der Waals surface area contributed by atoms with E-state index in [2.05, 4.69) is 20.4 Å². The van der Waals surface area contributed by atoms with Gasteiger partial charge in [0.05, 0.1) is 16.3 Å². The van der Waals surface area contributed by atoms with Gasteiger partial charge in [0.1, 0.15) is 0 Å². The lowest BCUT2D eigenvalue weighted by atomic mass is 9.96. The summed E-state index contributed by atoms with van der Waals surface area (Å²) in [6, 6.07) is 5.03. The zero-order valence-corrected chi connectivity index (χ0v) is 21.7. The van der Waals surface area contributed by atoms with Crippen LogP contribution in [0.5, 0.6) is 0 Å². The van der Waals surface area contributed by atoms with E-state index in [1.807, 2.05) is 40.7 Å². The minimum Gasteiger partial charge on any atom is -0.370 e. The lowest BCUT2D eigenvalue weighted by molar-refractivity contribution is -0.116. The van der Waals surface area contributed by atoms with E-state index in [-0.39, 0.29) is 22.6 Å². The second kappa shape index (κ2) is 10.9. The van der Waals surface area contributed by atoms with Crippen LogP contribution in [0, 0.1) is 0 Å². The van der Waals surface area contributed by atoms with Gasteiger partial charge in [0, 0.05) is 44.4 Å². The Morgan fingerprint density at radius 1 is 1.15 bits per heavy atom. The molecule has 0 bridgehead atoms. The van der Waals surface area contributed by atoms with E-state index in [1.165, 1.54) is 10.7 Å². The van der Waals surface area contributed by atoms with Crippen LogP contribution in [-0.4, -0.2) is 54.9 Å². The number of hydrogen-bond acceptors (Lipinski definition) is 7. The van der Waals surface area contributed by atoms with E-state index >= 15 is 0 Å². The molecule has 1 aliphatic heterocycles. The molecule has 9 nitrogen and oxygen atoms in total. The van der Waals surface area contributed by atoms with Gasteiger partial charge in [-0.15, -0.1) is 0 Å². The molecular weight excluding hydrogens is 454 g/mol. The van der Waals surface area contributed by atoms with Crippen molar-refractivity contribution < 1.29 is 17.7 Å². The average molecular weight is 492 g/mol. The maximum atomic E-state index is 13.1. The number of carbonyl (C=O) groups excluding carboxylic acids is 1. The van der Waals surface area contributed by atoms with Gasteiger partial charge in [0.2, 0.25) is 21.8 Å². The van der Waals surface area contributed by atoms with Crippen LogP contribution in [0.1, 0.15) is 72.0 Å². The molecule has 1 N–H and O–H groups in total. The Kier molecular flexibility index (Phi) is 8.35. The molecule has 10 heteroatoms. The molecule has 1 aromatic heterocycles. The number of aryl methyl sites for hydroxylation is 1. The molecule has 34 heavy (non-hydrogen) atoms. The molecule has 0 atom stereocenters. The number of aromatic nitrogens is 2. The number of rotatable bonds is 9. The van der Waals surface area contributed by atoms with Crippen molar-refractivity contribution in [3.8, 4) is 0 Å². The van der Waals surface area contributed by atoms with Crippen LogP contribution < -0.4 is 10.2 Å². The summed E-state index contributed by atoms with van der Waals surface area (Å²) in [6.07, 6.45) is 3.78. The topological polar surface area (TPSA) is 109 Å². The number of anilines is 2. The first-order valence-electron chi connectivity index (χ1n) is 12.1. The van der Waals surface area contributed by atoms with Crippen molar-refractivity contribution in [1.29, 1.82) is 0 Å². The highest BCUT2D eigenvalue weighted by Gasteiger charge is 2.25. The second-order valence-corrected chi connectivity index (χ2v) is 11.6. The number of carbonyl (C=O) groups is 1. The predicted octanol–water partition coefficient (Wildman–Crippen LogP) is 3.96. The highest BCUT2D eigenvalue weighted by molar-refractivity contribution is 7.89. The van der Waals surface area contributed by atoms with Gasteiger partial charge in [-0.05, 0) is 37.5 Å². The highest BCUT2D eigenvalue weighted by Crippen LogP contribution is 2.32. The summed E-state index contributed by atoms with van der Waals surface area (Å²) in [5.74, 6) is 0.782. The summed E-state index contributed by atoms with van der Waals surface area (Å²) in [5.41, 5.74) is 1.13. The summed E-state index contributed by atoms with van der Waals surface area (Å²) in [4.78, 5) is 19.6. The normalized spacial score (nSPS) is 15.1. The summed E-state index contributed by atoms with van der Waals surface area (Å²) in [6.45, 7) is 12.1. The molecule has 0 aliphatic carbocycles. The van der Waals surface area contributed by atoms with Crippen LogP contribution in [0.25, 0.3) is 0 Å². The predicted molar refractivity (Wildman–Crippen MR) is 133 cm³/mol. The van der Waals surface area contributed by atoms with Crippen molar-refractivity contribution >= 4 is 27.3 Å². The Morgan fingerprint density at radius 3 is 2.41 bits per heavy atom. The molecular formula is C24H37N5O4S. The molecule has 1 saturated heterocycles. The van der Waals surface area contributed by atoms with Crippen LogP contribution >= 0.6 is 0 Å². The van der Waals surface area contributed by atoms with Gasteiger partial charge >= 0.3 is 0 Å². The fourth-order valence-electron chi connectivity index (χ4n) is 3.99. The lowest BCUT2D eigenvalue weighted by Gasteiger charge is -2.31. The zero-order chi connectivity index (χ0) is 24.9. The lowest BCUT2D eigenvalue weighted by Crippen LogP contribution is -2.32. The number of nitrogens with zero attached hydrogens (tertiary/aromatic N) is 4. The van der Waals surface area contributed by atoms with E-state index in [0.717, 1.165) is 31.6 Å². The molecule has 2 heterocycles. The highest BCUT2D eigenvalue weighted by atomic mass is 32.2. The monoisotopic (exact) mass is 491 g/mol. The number of amides is 1. The average Bonchev–Trinajstić information content (AvgIpc) is 3.29. The molecule has 0 radical (unpaired) electrons. The van der Waals surface area contributed by atoms with Crippen LogP contribution in [0.2, 0.25) is 0 Å². The first-order valence-corrected chi connectivity index (χ1v) is 13.5. The Bertz CT molecular complexity index is 1080. The van der Waals surface area contributed by atoms with Gasteiger partial charge in [-0.25, -0.2) is 8.42 Å². The maximum Gasteiger partial charge on any atom is 0.243 e. The summed E-state index contributed by atoms with van der Waals surface area (Å²) >= 11 is 0. The maximum absolute atomic E-state index is 13.1. The van der Waals surface area contributed by atoms with E-state index < -0.39 is 10.0 Å². The number of piperidine rings is 1. The van der Waals surface area contributed by atoms with Crippen molar-refractivity contribution in [3.63, 3.8) is 0 Å². The minimum atomic E-state index is -3.64. The molecule has 3 rings (SSSR count). The smallest absolute Gasteiger partial charge is 0.243 e. The fraction of sp³-hybridized carbons (Fsp3) is 0.625. The van der Waals surface area contributed by atoms with Gasteiger partial charge in [-0.1, -0.05) is 39.8 Å². The van der Waals surface area contributed by atoms with Crippen molar-refractivity contribution in [3.05, 3.63) is 29.9 Å². The first-order chi connectivity index (χ1) is 16.1. The van der Waals surface area contributed by atoms with Crippen LogP contribution in [0.3, 0.4) is 0 Å². The van der Waals surface area contributed by atoms with Crippen LogP contribution in [0.4, 0.5) is 11.4 Å². The fourth-order valence-corrected chi connectivity index (χ4v) is 5.48. The van der Waals surface area contributed by atoms with Crippen molar-refractivity contribution in [2.75, 3.05) is 36.4 Å².